The minimum Gasteiger partial charge on any atom is -0.463 e. The number of imidazole rings is 1. The van der Waals surface area contributed by atoms with Crippen LogP contribution < -0.4 is 0 Å². The number of carbonyl (C=O) groups excluding carboxylic acids is 3. The minimum atomic E-state index is -1.03. The molecular formula is C22H25N5O7. The summed E-state index contributed by atoms with van der Waals surface area (Å²) in [5.74, 6) is -1.14. The molecule has 1 saturated heterocycles. The summed E-state index contributed by atoms with van der Waals surface area (Å²) in [5.41, 5.74) is 2.87. The number of rotatable bonds is 6. The zero-order chi connectivity index (χ0) is 24.6. The molecule has 0 amide bonds. The van der Waals surface area contributed by atoms with Crippen molar-refractivity contribution in [3.8, 4) is 5.82 Å². The summed E-state index contributed by atoms with van der Waals surface area (Å²) >= 11 is 0. The highest BCUT2D eigenvalue weighted by Crippen LogP contribution is 2.36. The van der Waals surface area contributed by atoms with Crippen molar-refractivity contribution in [2.75, 3.05) is 6.61 Å². The molecular weight excluding hydrogens is 446 g/mol. The zero-order valence-corrected chi connectivity index (χ0v) is 19.4. The second-order valence-corrected chi connectivity index (χ2v) is 7.99. The number of ether oxygens (including phenoxy) is 4. The number of fused-ring (bicyclic) bond motifs is 1. The highest BCUT2D eigenvalue weighted by Gasteiger charge is 2.51. The molecule has 12 heteroatoms. The molecule has 0 N–H and O–H groups in total. The second kappa shape index (κ2) is 9.21. The van der Waals surface area contributed by atoms with Gasteiger partial charge in [0.05, 0.1) is 6.33 Å². The van der Waals surface area contributed by atoms with Gasteiger partial charge < -0.3 is 23.5 Å². The highest BCUT2D eigenvalue weighted by atomic mass is 16.7. The van der Waals surface area contributed by atoms with Crippen LogP contribution in [0.15, 0.2) is 24.8 Å². The number of carbonyl (C=O) groups is 3. The SMILES string of the molecule is CC(=O)OC[C@H]1O[C@@H](n2cnc3c(-n4c(C)ccc4C)ncnc32)[C@H](OC(C)=O)[C@@H]1OC(C)=O. The molecule has 4 heterocycles. The molecule has 1 fully saturated rings. The van der Waals surface area contributed by atoms with E-state index >= 15 is 0 Å². The lowest BCUT2D eigenvalue weighted by molar-refractivity contribution is -0.166. The minimum absolute atomic E-state index is 0.198. The lowest BCUT2D eigenvalue weighted by atomic mass is 10.1. The molecule has 0 radical (unpaired) electrons. The Bertz CT molecular complexity index is 1230. The molecule has 0 bridgehead atoms. The van der Waals surface area contributed by atoms with Crippen molar-refractivity contribution in [3.05, 3.63) is 36.2 Å². The lowest BCUT2D eigenvalue weighted by Gasteiger charge is -2.23. The largest absolute Gasteiger partial charge is 0.463 e. The first kappa shape index (κ1) is 23.4. The van der Waals surface area contributed by atoms with Gasteiger partial charge in [0.15, 0.2) is 35.4 Å². The van der Waals surface area contributed by atoms with E-state index in [0.717, 1.165) is 11.4 Å². The van der Waals surface area contributed by atoms with Gasteiger partial charge in [-0.25, -0.2) is 15.0 Å². The van der Waals surface area contributed by atoms with Crippen LogP contribution in [0.4, 0.5) is 0 Å². The monoisotopic (exact) mass is 471 g/mol. The Balaban J connectivity index is 1.78. The van der Waals surface area contributed by atoms with E-state index in [-0.39, 0.29) is 6.61 Å². The van der Waals surface area contributed by atoms with Gasteiger partial charge in [0.25, 0.3) is 0 Å². The third-order valence-corrected chi connectivity index (χ3v) is 5.44. The fraction of sp³-hybridized carbons (Fsp3) is 0.455. The molecule has 1 aliphatic rings. The van der Waals surface area contributed by atoms with E-state index in [9.17, 15) is 14.4 Å². The van der Waals surface area contributed by atoms with Crippen molar-refractivity contribution in [2.24, 2.45) is 0 Å². The highest BCUT2D eigenvalue weighted by molar-refractivity contribution is 5.79. The van der Waals surface area contributed by atoms with Crippen LogP contribution in [0.25, 0.3) is 17.0 Å². The first-order valence-corrected chi connectivity index (χ1v) is 10.6. The van der Waals surface area contributed by atoms with E-state index in [1.807, 2.05) is 30.5 Å². The molecule has 0 saturated carbocycles. The Kier molecular flexibility index (Phi) is 6.33. The van der Waals surface area contributed by atoms with E-state index in [1.54, 1.807) is 4.57 Å². The van der Waals surface area contributed by atoms with Crippen LogP contribution in [0.5, 0.6) is 0 Å². The van der Waals surface area contributed by atoms with Gasteiger partial charge in [0.1, 0.15) is 19.0 Å². The number of nitrogens with zero attached hydrogens (tertiary/aromatic N) is 5. The van der Waals surface area contributed by atoms with E-state index in [1.165, 1.54) is 33.4 Å². The van der Waals surface area contributed by atoms with Gasteiger partial charge in [0, 0.05) is 32.2 Å². The Labute approximate surface area is 194 Å². The molecule has 4 rings (SSSR count). The molecule has 4 atom stereocenters. The van der Waals surface area contributed by atoms with Gasteiger partial charge in [-0.15, -0.1) is 0 Å². The van der Waals surface area contributed by atoms with Crippen LogP contribution in [-0.4, -0.2) is 66.9 Å². The zero-order valence-electron chi connectivity index (χ0n) is 19.4. The normalized spacial score (nSPS) is 22.0. The predicted molar refractivity (Wildman–Crippen MR) is 116 cm³/mol. The smallest absolute Gasteiger partial charge is 0.303 e. The summed E-state index contributed by atoms with van der Waals surface area (Å²) in [6.45, 7) is 7.44. The topological polar surface area (TPSA) is 137 Å². The lowest BCUT2D eigenvalue weighted by Crippen LogP contribution is -2.40. The van der Waals surface area contributed by atoms with Gasteiger partial charge in [-0.2, -0.15) is 0 Å². The summed E-state index contributed by atoms with van der Waals surface area (Å²) < 4.78 is 25.7. The second-order valence-electron chi connectivity index (χ2n) is 7.99. The van der Waals surface area contributed by atoms with Crippen LogP contribution >= 0.6 is 0 Å². The van der Waals surface area contributed by atoms with E-state index < -0.39 is 42.4 Å². The molecule has 1 aliphatic heterocycles. The summed E-state index contributed by atoms with van der Waals surface area (Å²) in [4.78, 5) is 48.4. The van der Waals surface area contributed by atoms with Gasteiger partial charge >= 0.3 is 17.9 Å². The van der Waals surface area contributed by atoms with Gasteiger partial charge in [-0.05, 0) is 26.0 Å². The quantitative estimate of drug-likeness (QED) is 0.385. The van der Waals surface area contributed by atoms with Crippen LogP contribution in [0.3, 0.4) is 0 Å². The maximum Gasteiger partial charge on any atom is 0.303 e. The Morgan fingerprint density at radius 1 is 0.941 bits per heavy atom. The number of hydrogen-bond donors (Lipinski definition) is 0. The third-order valence-electron chi connectivity index (χ3n) is 5.44. The molecule has 180 valence electrons. The van der Waals surface area contributed by atoms with Crippen LogP contribution in [0.2, 0.25) is 0 Å². The maximum absolute atomic E-state index is 11.9. The van der Waals surface area contributed by atoms with E-state index in [4.69, 9.17) is 18.9 Å². The molecule has 34 heavy (non-hydrogen) atoms. The van der Waals surface area contributed by atoms with Gasteiger partial charge in [-0.1, -0.05) is 0 Å². The molecule has 0 aliphatic carbocycles. The fourth-order valence-electron chi connectivity index (χ4n) is 4.11. The average molecular weight is 471 g/mol. The number of aromatic nitrogens is 5. The Morgan fingerprint density at radius 3 is 2.21 bits per heavy atom. The Hall–Kier alpha value is -3.80. The summed E-state index contributed by atoms with van der Waals surface area (Å²) in [6.07, 6.45) is -0.976. The summed E-state index contributed by atoms with van der Waals surface area (Å²) in [6, 6.07) is 3.95. The summed E-state index contributed by atoms with van der Waals surface area (Å²) in [7, 11) is 0. The molecule has 12 nitrogen and oxygen atoms in total. The van der Waals surface area contributed by atoms with Gasteiger partial charge in [-0.3, -0.25) is 19.0 Å². The van der Waals surface area contributed by atoms with Gasteiger partial charge in [0.2, 0.25) is 0 Å². The van der Waals surface area contributed by atoms with Crippen molar-refractivity contribution < 1.29 is 33.3 Å². The molecule has 0 aromatic carbocycles. The summed E-state index contributed by atoms with van der Waals surface area (Å²) in [5, 5.41) is 0. The first-order chi connectivity index (χ1) is 16.2. The molecule has 0 spiro atoms. The number of hydrogen-bond acceptors (Lipinski definition) is 10. The number of esters is 3. The standard InChI is InChI=1S/C22H25N5O7/c1-11-6-7-12(2)27(11)21-17-20(23-9-24-21)26(10-25-17)22-19(33-15(5)30)18(32-14(4)29)16(34-22)8-31-13(3)28/h6-7,9-10,16,18-19,22H,8H2,1-5H3/t16-,18-,19-,22-/m1/s1. The Morgan fingerprint density at radius 2 is 1.59 bits per heavy atom. The van der Waals surface area contributed by atoms with Crippen LogP contribution in [0, 0.1) is 13.8 Å². The van der Waals surface area contributed by atoms with Crippen molar-refractivity contribution in [3.63, 3.8) is 0 Å². The average Bonchev–Trinajstić information content (AvgIpc) is 3.42. The molecule has 0 unspecified atom stereocenters. The fourth-order valence-corrected chi connectivity index (χ4v) is 4.11. The maximum atomic E-state index is 11.9. The van der Waals surface area contributed by atoms with Crippen molar-refractivity contribution in [2.45, 2.75) is 59.2 Å². The van der Waals surface area contributed by atoms with Crippen molar-refractivity contribution >= 4 is 29.1 Å². The molecule has 3 aromatic rings. The number of aryl methyl sites for hydroxylation is 2. The van der Waals surface area contributed by atoms with E-state index in [2.05, 4.69) is 15.0 Å². The third kappa shape index (κ3) is 4.36. The predicted octanol–water partition coefficient (Wildman–Crippen LogP) is 1.56. The van der Waals surface area contributed by atoms with Crippen molar-refractivity contribution in [1.29, 1.82) is 0 Å². The van der Waals surface area contributed by atoms with Crippen LogP contribution in [0.1, 0.15) is 38.4 Å². The van der Waals surface area contributed by atoms with Crippen molar-refractivity contribution in [1.82, 2.24) is 24.1 Å². The van der Waals surface area contributed by atoms with E-state index in [0.29, 0.717) is 17.0 Å². The molecule has 3 aromatic heterocycles. The van der Waals surface area contributed by atoms with Crippen LogP contribution in [-0.2, 0) is 33.3 Å². The first-order valence-electron chi connectivity index (χ1n) is 10.6.